The Morgan fingerprint density at radius 3 is 2.56 bits per heavy atom. The molecule has 2 nitrogen and oxygen atoms in total. The van der Waals surface area contributed by atoms with E-state index in [9.17, 15) is 5.11 Å². The molecule has 3 heteroatoms. The molecule has 106 valence electrons. The second-order valence-electron chi connectivity index (χ2n) is 6.33. The topological polar surface area (TPSA) is 23.5 Å². The molecule has 1 heterocycles. The molecule has 2 aliphatic rings. The SMILES string of the molecule is OCCC1CCCCN1CC1(CBr)CCCCC1. The van der Waals surface area contributed by atoms with Crippen LogP contribution in [0.2, 0.25) is 0 Å². The summed E-state index contributed by atoms with van der Waals surface area (Å²) in [5.74, 6) is 0. The average molecular weight is 318 g/mol. The number of hydrogen-bond acceptors (Lipinski definition) is 2. The van der Waals surface area contributed by atoms with Gasteiger partial charge >= 0.3 is 0 Å². The lowest BCUT2D eigenvalue weighted by molar-refractivity contribution is 0.0576. The quantitative estimate of drug-likeness (QED) is 0.784. The molecule has 0 spiro atoms. The fourth-order valence-electron chi connectivity index (χ4n) is 3.81. The lowest BCUT2D eigenvalue weighted by Crippen LogP contribution is -2.47. The molecule has 18 heavy (non-hydrogen) atoms. The zero-order chi connectivity index (χ0) is 12.8. The highest BCUT2D eigenvalue weighted by Crippen LogP contribution is 2.39. The monoisotopic (exact) mass is 317 g/mol. The molecule has 1 unspecified atom stereocenters. The van der Waals surface area contributed by atoms with Crippen molar-refractivity contribution in [1.82, 2.24) is 4.90 Å². The van der Waals surface area contributed by atoms with Gasteiger partial charge in [0.25, 0.3) is 0 Å². The summed E-state index contributed by atoms with van der Waals surface area (Å²) in [7, 11) is 0. The van der Waals surface area contributed by atoms with Crippen molar-refractivity contribution in [2.75, 3.05) is 25.0 Å². The Kier molecular flexibility index (Phi) is 5.96. The van der Waals surface area contributed by atoms with Crippen LogP contribution in [0.4, 0.5) is 0 Å². The third-order valence-electron chi connectivity index (χ3n) is 4.95. The van der Waals surface area contributed by atoms with E-state index in [2.05, 4.69) is 20.8 Å². The first-order valence-corrected chi connectivity index (χ1v) is 8.83. The molecule has 0 aromatic carbocycles. The molecule has 0 amide bonds. The van der Waals surface area contributed by atoms with E-state index < -0.39 is 0 Å². The number of aliphatic hydroxyl groups is 1. The summed E-state index contributed by atoms with van der Waals surface area (Å²) < 4.78 is 0. The maximum atomic E-state index is 9.23. The average Bonchev–Trinajstić information content (AvgIpc) is 2.42. The van der Waals surface area contributed by atoms with Gasteiger partial charge in [-0.2, -0.15) is 0 Å². The van der Waals surface area contributed by atoms with Crippen molar-refractivity contribution in [1.29, 1.82) is 0 Å². The van der Waals surface area contributed by atoms with Gasteiger partial charge in [0.15, 0.2) is 0 Å². The van der Waals surface area contributed by atoms with Gasteiger partial charge in [-0.3, -0.25) is 4.90 Å². The van der Waals surface area contributed by atoms with Gasteiger partial charge in [0.2, 0.25) is 0 Å². The second-order valence-corrected chi connectivity index (χ2v) is 6.89. The van der Waals surface area contributed by atoms with Crippen molar-refractivity contribution in [2.45, 2.75) is 63.8 Å². The van der Waals surface area contributed by atoms with Crippen LogP contribution in [0.3, 0.4) is 0 Å². The Morgan fingerprint density at radius 2 is 1.89 bits per heavy atom. The van der Waals surface area contributed by atoms with E-state index in [1.165, 1.54) is 64.5 Å². The van der Waals surface area contributed by atoms with Crippen LogP contribution in [0.5, 0.6) is 0 Å². The van der Waals surface area contributed by atoms with Crippen LogP contribution < -0.4 is 0 Å². The molecule has 1 aliphatic heterocycles. The first kappa shape index (κ1) is 14.8. The Bertz CT molecular complexity index is 239. The largest absolute Gasteiger partial charge is 0.396 e. The predicted octanol–water partition coefficient (Wildman–Crippen LogP) is 3.57. The minimum Gasteiger partial charge on any atom is -0.396 e. The van der Waals surface area contributed by atoms with Crippen molar-refractivity contribution in [3.05, 3.63) is 0 Å². The number of aliphatic hydroxyl groups excluding tert-OH is 1. The molecule has 0 bridgehead atoms. The first-order valence-electron chi connectivity index (χ1n) is 7.70. The molecule has 2 rings (SSSR count). The van der Waals surface area contributed by atoms with Gasteiger partial charge in [0, 0.05) is 24.5 Å². The van der Waals surface area contributed by atoms with E-state index in [1.54, 1.807) is 0 Å². The number of piperidine rings is 1. The van der Waals surface area contributed by atoms with E-state index in [0.717, 1.165) is 11.8 Å². The summed E-state index contributed by atoms with van der Waals surface area (Å²) in [6.07, 6.45) is 12.0. The van der Waals surface area contributed by atoms with Crippen LogP contribution in [-0.4, -0.2) is 41.1 Å². The summed E-state index contributed by atoms with van der Waals surface area (Å²) in [5, 5.41) is 10.4. The van der Waals surface area contributed by atoms with E-state index in [1.807, 2.05) is 0 Å². The zero-order valence-corrected chi connectivity index (χ0v) is 13.1. The first-order chi connectivity index (χ1) is 8.79. The number of halogens is 1. The number of rotatable bonds is 5. The maximum absolute atomic E-state index is 9.23. The van der Waals surface area contributed by atoms with Gasteiger partial charge in [-0.15, -0.1) is 0 Å². The van der Waals surface area contributed by atoms with Crippen molar-refractivity contribution in [3.8, 4) is 0 Å². The van der Waals surface area contributed by atoms with Gasteiger partial charge in [0.1, 0.15) is 0 Å². The van der Waals surface area contributed by atoms with Crippen molar-refractivity contribution in [2.24, 2.45) is 5.41 Å². The van der Waals surface area contributed by atoms with E-state index in [0.29, 0.717) is 18.1 Å². The number of nitrogens with zero attached hydrogens (tertiary/aromatic N) is 1. The van der Waals surface area contributed by atoms with Crippen LogP contribution in [0.1, 0.15) is 57.8 Å². The van der Waals surface area contributed by atoms with Crippen molar-refractivity contribution < 1.29 is 5.11 Å². The van der Waals surface area contributed by atoms with Crippen LogP contribution in [-0.2, 0) is 0 Å². The maximum Gasteiger partial charge on any atom is 0.0445 e. The Balaban J connectivity index is 1.95. The smallest absolute Gasteiger partial charge is 0.0445 e. The molecule has 0 aromatic rings. The van der Waals surface area contributed by atoms with Gasteiger partial charge < -0.3 is 5.11 Å². The molecular weight excluding hydrogens is 290 g/mol. The molecule has 1 saturated carbocycles. The van der Waals surface area contributed by atoms with Gasteiger partial charge in [-0.05, 0) is 44.1 Å². The zero-order valence-electron chi connectivity index (χ0n) is 11.5. The minimum atomic E-state index is 0.350. The normalized spacial score (nSPS) is 29.3. The van der Waals surface area contributed by atoms with Crippen LogP contribution >= 0.6 is 15.9 Å². The molecule has 2 fully saturated rings. The summed E-state index contributed by atoms with van der Waals surface area (Å²) in [6, 6.07) is 0.640. The molecule has 0 aromatic heterocycles. The fraction of sp³-hybridized carbons (Fsp3) is 1.00. The highest BCUT2D eigenvalue weighted by atomic mass is 79.9. The van der Waals surface area contributed by atoms with E-state index >= 15 is 0 Å². The molecule has 1 saturated heterocycles. The third kappa shape index (κ3) is 3.71. The van der Waals surface area contributed by atoms with Gasteiger partial charge in [0.05, 0.1) is 0 Å². The highest BCUT2D eigenvalue weighted by Gasteiger charge is 2.35. The Morgan fingerprint density at radius 1 is 1.11 bits per heavy atom. The Hall–Kier alpha value is 0.400. The van der Waals surface area contributed by atoms with Crippen LogP contribution in [0.25, 0.3) is 0 Å². The minimum absolute atomic E-state index is 0.350. The summed E-state index contributed by atoms with van der Waals surface area (Å²) in [5.41, 5.74) is 0.517. The summed E-state index contributed by atoms with van der Waals surface area (Å²) >= 11 is 3.78. The molecular formula is C15H28BrNO. The summed E-state index contributed by atoms with van der Waals surface area (Å²) in [6.45, 7) is 2.85. The lowest BCUT2D eigenvalue weighted by atomic mass is 9.74. The number of likely N-dealkylation sites (tertiary alicyclic amines) is 1. The van der Waals surface area contributed by atoms with Crippen molar-refractivity contribution >= 4 is 15.9 Å². The van der Waals surface area contributed by atoms with Crippen LogP contribution in [0.15, 0.2) is 0 Å². The van der Waals surface area contributed by atoms with E-state index in [-0.39, 0.29) is 0 Å². The molecule has 1 aliphatic carbocycles. The number of alkyl halides is 1. The molecule has 1 atom stereocenters. The second kappa shape index (κ2) is 7.25. The fourth-order valence-corrected chi connectivity index (χ4v) is 4.55. The van der Waals surface area contributed by atoms with Crippen LogP contribution in [0, 0.1) is 5.41 Å². The van der Waals surface area contributed by atoms with E-state index in [4.69, 9.17) is 0 Å². The summed E-state index contributed by atoms with van der Waals surface area (Å²) in [4.78, 5) is 2.69. The lowest BCUT2D eigenvalue weighted by Gasteiger charge is -2.44. The van der Waals surface area contributed by atoms with Gasteiger partial charge in [-0.25, -0.2) is 0 Å². The predicted molar refractivity (Wildman–Crippen MR) is 80.2 cm³/mol. The van der Waals surface area contributed by atoms with Gasteiger partial charge in [-0.1, -0.05) is 41.6 Å². The van der Waals surface area contributed by atoms with Crippen molar-refractivity contribution in [3.63, 3.8) is 0 Å². The molecule has 0 radical (unpaired) electrons. The highest BCUT2D eigenvalue weighted by molar-refractivity contribution is 9.09. The number of hydrogen-bond donors (Lipinski definition) is 1. The molecule has 1 N–H and O–H groups in total. The third-order valence-corrected chi connectivity index (χ3v) is 6.14. The standard InChI is InChI=1S/C15H28BrNO/c16-12-15(8-3-1-4-9-15)13-17-10-5-2-6-14(17)7-11-18/h14,18H,1-13H2. The Labute approximate surface area is 120 Å².